The molecule has 1 heterocycles. The van der Waals surface area contributed by atoms with Crippen LogP contribution in [0.25, 0.3) is 11.3 Å². The SMILES string of the molecule is CCOC(=O)C1CCCC(Nc2ccc(-c3nnn(C)c3COC(=O)N(C)Cc3ccccc3)cc2)C1. The van der Waals surface area contributed by atoms with E-state index in [-0.39, 0.29) is 24.5 Å². The van der Waals surface area contributed by atoms with Crippen molar-refractivity contribution in [2.45, 2.75) is 51.8 Å². The first-order valence-corrected chi connectivity index (χ1v) is 12.8. The van der Waals surface area contributed by atoms with Crippen molar-refractivity contribution in [3.8, 4) is 11.3 Å². The van der Waals surface area contributed by atoms with Gasteiger partial charge in [-0.05, 0) is 43.9 Å². The summed E-state index contributed by atoms with van der Waals surface area (Å²) < 4.78 is 12.4. The smallest absolute Gasteiger partial charge is 0.410 e. The lowest BCUT2D eigenvalue weighted by Gasteiger charge is -2.29. The van der Waals surface area contributed by atoms with E-state index in [4.69, 9.17) is 9.47 Å². The fraction of sp³-hybridized carbons (Fsp3) is 0.429. The van der Waals surface area contributed by atoms with Crippen molar-refractivity contribution in [1.82, 2.24) is 19.9 Å². The molecule has 1 fully saturated rings. The molecule has 2 aromatic carbocycles. The summed E-state index contributed by atoms with van der Waals surface area (Å²) in [5.74, 6) is -0.131. The Morgan fingerprint density at radius 3 is 2.57 bits per heavy atom. The van der Waals surface area contributed by atoms with Crippen LogP contribution in [-0.4, -0.2) is 51.7 Å². The Labute approximate surface area is 217 Å². The lowest BCUT2D eigenvalue weighted by atomic mass is 9.85. The number of aryl methyl sites for hydroxylation is 1. The normalized spacial score (nSPS) is 17.2. The zero-order valence-corrected chi connectivity index (χ0v) is 21.7. The third-order valence-electron chi connectivity index (χ3n) is 6.67. The molecule has 0 saturated heterocycles. The molecule has 1 amide bonds. The van der Waals surface area contributed by atoms with Gasteiger partial charge in [-0.2, -0.15) is 0 Å². The monoisotopic (exact) mass is 505 g/mol. The summed E-state index contributed by atoms with van der Waals surface area (Å²) in [4.78, 5) is 26.2. The molecule has 3 aromatic rings. The van der Waals surface area contributed by atoms with Crippen molar-refractivity contribution in [1.29, 1.82) is 0 Å². The molecular weight excluding hydrogens is 470 g/mol. The van der Waals surface area contributed by atoms with E-state index in [0.29, 0.717) is 24.5 Å². The minimum atomic E-state index is -0.413. The number of benzene rings is 2. The standard InChI is InChI=1S/C28H35N5O4/c1-4-36-27(34)22-11-8-12-24(17-22)29-23-15-13-21(14-16-23)26-25(33(3)31-30-26)19-37-28(35)32(2)18-20-9-6-5-7-10-20/h5-7,9-10,13-16,22,24,29H,4,8,11-12,17-19H2,1-3H3. The van der Waals surface area contributed by atoms with Crippen LogP contribution in [-0.2, 0) is 34.5 Å². The summed E-state index contributed by atoms with van der Waals surface area (Å²) in [5, 5.41) is 12.0. The van der Waals surface area contributed by atoms with Gasteiger partial charge in [0.1, 0.15) is 18.0 Å². The van der Waals surface area contributed by atoms with Crippen LogP contribution in [0.15, 0.2) is 54.6 Å². The highest BCUT2D eigenvalue weighted by Crippen LogP contribution is 2.29. The van der Waals surface area contributed by atoms with Crippen LogP contribution in [0.4, 0.5) is 10.5 Å². The predicted octanol–water partition coefficient (Wildman–Crippen LogP) is 4.78. The molecule has 1 aliphatic rings. The average molecular weight is 506 g/mol. The Morgan fingerprint density at radius 2 is 1.84 bits per heavy atom. The van der Waals surface area contributed by atoms with Crippen LogP contribution in [0.5, 0.6) is 0 Å². The van der Waals surface area contributed by atoms with Crippen LogP contribution in [0.1, 0.15) is 43.9 Å². The van der Waals surface area contributed by atoms with E-state index in [1.165, 1.54) is 4.90 Å². The Hall–Kier alpha value is -3.88. The fourth-order valence-corrected chi connectivity index (χ4v) is 4.68. The zero-order valence-electron chi connectivity index (χ0n) is 21.7. The van der Waals surface area contributed by atoms with Crippen molar-refractivity contribution in [2.75, 3.05) is 19.0 Å². The number of hydrogen-bond acceptors (Lipinski definition) is 7. The largest absolute Gasteiger partial charge is 0.466 e. The number of amides is 1. The molecule has 0 radical (unpaired) electrons. The number of anilines is 1. The highest BCUT2D eigenvalue weighted by molar-refractivity contribution is 5.73. The maximum atomic E-state index is 12.6. The molecule has 4 rings (SSSR count). The van der Waals surface area contributed by atoms with Gasteiger partial charge in [0.15, 0.2) is 0 Å². The van der Waals surface area contributed by atoms with Crippen LogP contribution in [0.2, 0.25) is 0 Å². The third-order valence-corrected chi connectivity index (χ3v) is 6.67. The van der Waals surface area contributed by atoms with E-state index in [0.717, 1.165) is 42.5 Å². The maximum absolute atomic E-state index is 12.6. The summed E-state index contributed by atoms with van der Waals surface area (Å²) in [6.45, 7) is 2.79. The second kappa shape index (κ2) is 12.4. The summed E-state index contributed by atoms with van der Waals surface area (Å²) in [6.07, 6.45) is 3.28. The molecule has 1 saturated carbocycles. The van der Waals surface area contributed by atoms with Crippen molar-refractivity contribution in [3.05, 3.63) is 65.9 Å². The van der Waals surface area contributed by atoms with Gasteiger partial charge in [-0.3, -0.25) is 4.79 Å². The molecule has 1 aromatic heterocycles. The Morgan fingerprint density at radius 1 is 1.08 bits per heavy atom. The molecule has 37 heavy (non-hydrogen) atoms. The Balaban J connectivity index is 1.35. The van der Waals surface area contributed by atoms with Gasteiger partial charge < -0.3 is 19.7 Å². The van der Waals surface area contributed by atoms with E-state index >= 15 is 0 Å². The minimum Gasteiger partial charge on any atom is -0.466 e. The van der Waals surface area contributed by atoms with Crippen molar-refractivity contribution >= 4 is 17.7 Å². The number of nitrogens with zero attached hydrogens (tertiary/aromatic N) is 4. The Bertz CT molecular complexity index is 1180. The number of esters is 1. The first kappa shape index (κ1) is 26.2. The van der Waals surface area contributed by atoms with Crippen LogP contribution >= 0.6 is 0 Å². The molecule has 9 nitrogen and oxygen atoms in total. The molecule has 2 atom stereocenters. The summed E-state index contributed by atoms with van der Waals surface area (Å²) in [5.41, 5.74) is 4.29. The average Bonchev–Trinajstić information content (AvgIpc) is 3.28. The molecular formula is C28H35N5O4. The van der Waals surface area contributed by atoms with Gasteiger partial charge in [-0.15, -0.1) is 5.10 Å². The van der Waals surface area contributed by atoms with Gasteiger partial charge in [0.2, 0.25) is 0 Å². The topological polar surface area (TPSA) is 98.6 Å². The predicted molar refractivity (Wildman–Crippen MR) is 141 cm³/mol. The highest BCUT2D eigenvalue weighted by Gasteiger charge is 2.28. The molecule has 2 unspecified atom stereocenters. The molecule has 1 N–H and O–H groups in total. The van der Waals surface area contributed by atoms with Gasteiger partial charge in [-0.25, -0.2) is 9.48 Å². The number of carbonyl (C=O) groups is 2. The third kappa shape index (κ3) is 6.87. The van der Waals surface area contributed by atoms with Crippen LogP contribution in [0, 0.1) is 5.92 Å². The minimum absolute atomic E-state index is 0.0397. The van der Waals surface area contributed by atoms with E-state index in [1.807, 2.05) is 61.5 Å². The van der Waals surface area contributed by atoms with Crippen molar-refractivity contribution in [3.63, 3.8) is 0 Å². The lowest BCUT2D eigenvalue weighted by molar-refractivity contribution is -0.149. The highest BCUT2D eigenvalue weighted by atomic mass is 16.6. The number of hydrogen-bond donors (Lipinski definition) is 1. The number of nitrogens with one attached hydrogen (secondary N) is 1. The molecule has 9 heteroatoms. The fourth-order valence-electron chi connectivity index (χ4n) is 4.68. The van der Waals surface area contributed by atoms with Gasteiger partial charge in [-0.1, -0.05) is 54.1 Å². The Kier molecular flexibility index (Phi) is 8.77. The van der Waals surface area contributed by atoms with Gasteiger partial charge >= 0.3 is 12.1 Å². The lowest BCUT2D eigenvalue weighted by Crippen LogP contribution is -2.32. The summed E-state index contributed by atoms with van der Waals surface area (Å²) >= 11 is 0. The first-order valence-electron chi connectivity index (χ1n) is 12.8. The summed E-state index contributed by atoms with van der Waals surface area (Å²) in [7, 11) is 3.50. The second-order valence-electron chi connectivity index (χ2n) is 9.44. The van der Waals surface area contributed by atoms with Crippen LogP contribution in [0.3, 0.4) is 0 Å². The molecule has 0 aliphatic heterocycles. The number of carbonyl (C=O) groups excluding carboxylic acids is 2. The number of aromatic nitrogens is 3. The van der Waals surface area contributed by atoms with E-state index < -0.39 is 6.09 Å². The summed E-state index contributed by atoms with van der Waals surface area (Å²) in [6, 6.07) is 18.0. The second-order valence-corrected chi connectivity index (χ2v) is 9.44. The van der Waals surface area contributed by atoms with Crippen molar-refractivity contribution < 1.29 is 19.1 Å². The number of rotatable bonds is 9. The van der Waals surface area contributed by atoms with Gasteiger partial charge in [0.05, 0.1) is 12.5 Å². The molecule has 0 spiro atoms. The zero-order chi connectivity index (χ0) is 26.2. The molecule has 196 valence electrons. The van der Waals surface area contributed by atoms with Crippen molar-refractivity contribution in [2.24, 2.45) is 13.0 Å². The molecule has 0 bridgehead atoms. The van der Waals surface area contributed by atoms with E-state index in [1.54, 1.807) is 18.8 Å². The molecule has 1 aliphatic carbocycles. The van der Waals surface area contributed by atoms with Crippen LogP contribution < -0.4 is 5.32 Å². The maximum Gasteiger partial charge on any atom is 0.410 e. The number of ether oxygens (including phenoxy) is 2. The van der Waals surface area contributed by atoms with E-state index in [2.05, 4.69) is 15.6 Å². The quantitative estimate of drug-likeness (QED) is 0.418. The van der Waals surface area contributed by atoms with Gasteiger partial charge in [0.25, 0.3) is 0 Å². The first-order chi connectivity index (χ1) is 17.9. The van der Waals surface area contributed by atoms with Gasteiger partial charge in [0, 0.05) is 37.9 Å². The van der Waals surface area contributed by atoms with E-state index in [9.17, 15) is 9.59 Å².